The molecule has 2 atom stereocenters. The van der Waals surface area contributed by atoms with Gasteiger partial charge in [0.2, 0.25) is 0 Å². The monoisotopic (exact) mass is 273 g/mol. The van der Waals surface area contributed by atoms with E-state index >= 15 is 0 Å². The van der Waals surface area contributed by atoms with Crippen molar-refractivity contribution in [2.24, 2.45) is 0 Å². The van der Waals surface area contributed by atoms with Crippen LogP contribution in [-0.4, -0.2) is 36.1 Å². The summed E-state index contributed by atoms with van der Waals surface area (Å²) in [6.07, 6.45) is -0.173. The third-order valence-corrected chi connectivity index (χ3v) is 3.13. The minimum Gasteiger partial charge on any atom is -0.375 e. The minimum absolute atomic E-state index is 0.173. The van der Waals surface area contributed by atoms with Crippen molar-refractivity contribution in [2.75, 3.05) is 13.2 Å². The summed E-state index contributed by atoms with van der Waals surface area (Å²) in [5.41, 5.74) is -0.458. The summed E-state index contributed by atoms with van der Waals surface area (Å²) >= 11 is 0. The van der Waals surface area contributed by atoms with Crippen molar-refractivity contribution in [3.63, 3.8) is 0 Å². The Bertz CT molecular complexity index is 507. The highest BCUT2D eigenvalue weighted by Gasteiger charge is 2.30. The Morgan fingerprint density at radius 1 is 1.26 bits per heavy atom. The van der Waals surface area contributed by atoms with Crippen molar-refractivity contribution in [3.8, 4) is 0 Å². The van der Waals surface area contributed by atoms with E-state index in [-0.39, 0.29) is 12.1 Å². The molecule has 1 aliphatic heterocycles. The molecule has 0 aliphatic carbocycles. The van der Waals surface area contributed by atoms with Crippen molar-refractivity contribution in [2.45, 2.75) is 26.0 Å². The molecule has 104 valence electrons. The molecule has 6 heteroatoms. The first kappa shape index (κ1) is 13.9. The molecule has 1 aromatic carbocycles. The topological polar surface area (TPSA) is 29.5 Å². The van der Waals surface area contributed by atoms with Gasteiger partial charge in [-0.3, -0.25) is 4.79 Å². The van der Waals surface area contributed by atoms with E-state index in [1.165, 1.54) is 4.90 Å². The molecule has 1 amide bonds. The van der Waals surface area contributed by atoms with Crippen LogP contribution < -0.4 is 0 Å². The smallest absolute Gasteiger partial charge is 0.257 e. The predicted octanol–water partition coefficient (Wildman–Crippen LogP) is 2.35. The van der Waals surface area contributed by atoms with Gasteiger partial charge in [0.15, 0.2) is 17.5 Å². The van der Waals surface area contributed by atoms with Crippen molar-refractivity contribution >= 4 is 5.91 Å². The number of amides is 1. The van der Waals surface area contributed by atoms with Gasteiger partial charge in [-0.1, -0.05) is 0 Å². The van der Waals surface area contributed by atoms with Crippen LogP contribution in [0.1, 0.15) is 24.2 Å². The molecule has 1 heterocycles. The molecule has 1 saturated heterocycles. The highest BCUT2D eigenvalue weighted by atomic mass is 19.2. The Kier molecular flexibility index (Phi) is 3.80. The van der Waals surface area contributed by atoms with Crippen LogP contribution in [0.5, 0.6) is 0 Å². The third-order valence-electron chi connectivity index (χ3n) is 3.13. The molecular formula is C13H14F3NO2. The molecule has 0 radical (unpaired) electrons. The normalized spacial score (nSPS) is 23.5. The Labute approximate surface area is 109 Å². The Balaban J connectivity index is 2.31. The molecule has 0 bridgehead atoms. The Morgan fingerprint density at radius 3 is 2.63 bits per heavy atom. The van der Waals surface area contributed by atoms with E-state index in [9.17, 15) is 18.0 Å². The number of benzene rings is 1. The lowest BCUT2D eigenvalue weighted by molar-refractivity contribution is -0.0388. The first-order chi connectivity index (χ1) is 8.91. The summed E-state index contributed by atoms with van der Waals surface area (Å²) in [5, 5.41) is 0. The quantitative estimate of drug-likeness (QED) is 0.735. The van der Waals surface area contributed by atoms with Gasteiger partial charge in [-0.25, -0.2) is 13.2 Å². The average molecular weight is 273 g/mol. The summed E-state index contributed by atoms with van der Waals surface area (Å²) in [4.78, 5) is 13.6. The van der Waals surface area contributed by atoms with Gasteiger partial charge in [0.1, 0.15) is 0 Å². The maximum Gasteiger partial charge on any atom is 0.257 e. The van der Waals surface area contributed by atoms with E-state index in [4.69, 9.17) is 4.74 Å². The maximum atomic E-state index is 13.6. The van der Waals surface area contributed by atoms with Gasteiger partial charge >= 0.3 is 0 Å². The lowest BCUT2D eigenvalue weighted by Crippen LogP contribution is -2.50. The number of hydrogen-bond donors (Lipinski definition) is 0. The molecular weight excluding hydrogens is 259 g/mol. The summed E-state index contributed by atoms with van der Waals surface area (Å²) in [6, 6.07) is 1.47. The fraction of sp³-hybridized carbons (Fsp3) is 0.462. The molecule has 2 rings (SSSR count). The molecule has 0 N–H and O–H groups in total. The third kappa shape index (κ3) is 2.58. The average Bonchev–Trinajstić information content (AvgIpc) is 2.38. The molecule has 0 aromatic heterocycles. The van der Waals surface area contributed by atoms with Crippen LogP contribution in [0.2, 0.25) is 0 Å². The van der Waals surface area contributed by atoms with Crippen LogP contribution in [0.4, 0.5) is 13.2 Å². The van der Waals surface area contributed by atoms with Crippen molar-refractivity contribution in [3.05, 3.63) is 35.1 Å². The van der Waals surface area contributed by atoms with Crippen LogP contribution in [0.15, 0.2) is 12.1 Å². The number of nitrogens with zero attached hydrogens (tertiary/aromatic N) is 1. The zero-order chi connectivity index (χ0) is 14.2. The van der Waals surface area contributed by atoms with Gasteiger partial charge in [-0.05, 0) is 26.0 Å². The molecule has 0 saturated carbocycles. The highest BCUT2D eigenvalue weighted by Crippen LogP contribution is 2.20. The largest absolute Gasteiger partial charge is 0.375 e. The number of rotatable bonds is 1. The first-order valence-corrected chi connectivity index (χ1v) is 5.98. The van der Waals surface area contributed by atoms with E-state index in [2.05, 4.69) is 0 Å². The lowest BCUT2D eigenvalue weighted by Gasteiger charge is -2.36. The zero-order valence-electron chi connectivity index (χ0n) is 10.6. The van der Waals surface area contributed by atoms with Gasteiger partial charge in [0.05, 0.1) is 24.3 Å². The van der Waals surface area contributed by atoms with E-state index in [1.807, 2.05) is 0 Å². The molecule has 0 spiro atoms. The zero-order valence-corrected chi connectivity index (χ0v) is 10.6. The van der Waals surface area contributed by atoms with E-state index in [0.29, 0.717) is 13.2 Å². The molecule has 2 unspecified atom stereocenters. The second kappa shape index (κ2) is 5.21. The summed E-state index contributed by atoms with van der Waals surface area (Å²) < 4.78 is 44.9. The first-order valence-electron chi connectivity index (χ1n) is 5.98. The van der Waals surface area contributed by atoms with E-state index < -0.39 is 28.9 Å². The van der Waals surface area contributed by atoms with Gasteiger partial charge in [0, 0.05) is 6.54 Å². The second-order valence-corrected chi connectivity index (χ2v) is 4.67. The molecule has 1 aliphatic rings. The van der Waals surface area contributed by atoms with Crippen molar-refractivity contribution in [1.82, 2.24) is 4.90 Å². The maximum absolute atomic E-state index is 13.6. The number of morpholine rings is 1. The highest BCUT2D eigenvalue weighted by molar-refractivity contribution is 5.94. The number of halogens is 3. The Hall–Kier alpha value is -1.56. The Morgan fingerprint density at radius 2 is 1.95 bits per heavy atom. The number of ether oxygens (including phenoxy) is 1. The van der Waals surface area contributed by atoms with Gasteiger partial charge in [0.25, 0.3) is 5.91 Å². The number of carbonyl (C=O) groups excluding carboxylic acids is 1. The molecule has 1 aromatic rings. The fourth-order valence-electron chi connectivity index (χ4n) is 2.03. The van der Waals surface area contributed by atoms with Crippen molar-refractivity contribution in [1.29, 1.82) is 0 Å². The van der Waals surface area contributed by atoms with Gasteiger partial charge in [-0.2, -0.15) is 0 Å². The van der Waals surface area contributed by atoms with Crippen LogP contribution in [-0.2, 0) is 4.74 Å². The molecule has 1 fully saturated rings. The standard InChI is InChI=1S/C13H14F3NO2/c1-7-6-19-8(2)5-17(7)13(18)9-3-4-10(14)12(16)11(9)15/h3-4,7-8H,5-6H2,1-2H3. The minimum atomic E-state index is -1.63. The van der Waals surface area contributed by atoms with E-state index in [0.717, 1.165) is 12.1 Å². The van der Waals surface area contributed by atoms with Crippen LogP contribution >= 0.6 is 0 Å². The predicted molar refractivity (Wildman–Crippen MR) is 62.2 cm³/mol. The van der Waals surface area contributed by atoms with Crippen LogP contribution in [0.25, 0.3) is 0 Å². The van der Waals surface area contributed by atoms with Crippen molar-refractivity contribution < 1.29 is 22.7 Å². The number of hydrogen-bond acceptors (Lipinski definition) is 2. The number of carbonyl (C=O) groups is 1. The fourth-order valence-corrected chi connectivity index (χ4v) is 2.03. The molecule has 19 heavy (non-hydrogen) atoms. The SMILES string of the molecule is CC1CN(C(=O)c2ccc(F)c(F)c2F)C(C)CO1. The van der Waals surface area contributed by atoms with Gasteiger partial charge in [-0.15, -0.1) is 0 Å². The van der Waals surface area contributed by atoms with Crippen LogP contribution in [0.3, 0.4) is 0 Å². The molecule has 3 nitrogen and oxygen atoms in total. The summed E-state index contributed by atoms with van der Waals surface area (Å²) in [6.45, 7) is 4.16. The summed E-state index contributed by atoms with van der Waals surface area (Å²) in [7, 11) is 0. The lowest BCUT2D eigenvalue weighted by atomic mass is 10.1. The second-order valence-electron chi connectivity index (χ2n) is 4.67. The van der Waals surface area contributed by atoms with E-state index in [1.54, 1.807) is 13.8 Å². The van der Waals surface area contributed by atoms with Gasteiger partial charge < -0.3 is 9.64 Å². The summed E-state index contributed by atoms with van der Waals surface area (Å²) in [5.74, 6) is -5.03. The van der Waals surface area contributed by atoms with Crippen LogP contribution in [0, 0.1) is 17.5 Å².